The number of pyridine rings is 1. The monoisotopic (exact) mass is 282 g/mol. The molecule has 0 aliphatic carbocycles. The maximum atomic E-state index is 5.12. The number of aromatic nitrogens is 3. The molecule has 0 aromatic carbocycles. The highest BCUT2D eigenvalue weighted by Crippen LogP contribution is 2.16. The number of hydrogen-bond acceptors (Lipinski definition) is 5. The van der Waals surface area contributed by atoms with Gasteiger partial charge < -0.3 is 9.84 Å². The Kier molecular flexibility index (Phi) is 3.63. The van der Waals surface area contributed by atoms with E-state index in [1.807, 2.05) is 19.2 Å². The van der Waals surface area contributed by atoms with Crippen molar-refractivity contribution in [1.82, 2.24) is 20.4 Å². The van der Waals surface area contributed by atoms with Crippen LogP contribution in [0.25, 0.3) is 11.6 Å². The van der Waals surface area contributed by atoms with E-state index in [0.717, 1.165) is 17.4 Å². The molecule has 2 aromatic heterocycles. The van der Waals surface area contributed by atoms with Crippen LogP contribution < -0.4 is 5.32 Å². The molecule has 6 heteroatoms. The van der Waals surface area contributed by atoms with E-state index in [9.17, 15) is 0 Å². The highest BCUT2D eigenvalue weighted by molar-refractivity contribution is 9.10. The third-order valence-corrected chi connectivity index (χ3v) is 2.48. The van der Waals surface area contributed by atoms with Crippen molar-refractivity contribution < 1.29 is 4.52 Å². The Balaban J connectivity index is 2.15. The molecule has 1 N–H and O–H groups in total. The van der Waals surface area contributed by atoms with Crippen molar-refractivity contribution in [2.75, 3.05) is 13.6 Å². The fraction of sp³-hybridized carbons (Fsp3) is 0.300. The second-order valence-corrected chi connectivity index (χ2v) is 4.15. The summed E-state index contributed by atoms with van der Waals surface area (Å²) >= 11 is 3.32. The minimum Gasteiger partial charge on any atom is -0.332 e. The van der Waals surface area contributed by atoms with Crippen molar-refractivity contribution in [3.63, 3.8) is 0 Å². The Morgan fingerprint density at radius 1 is 1.44 bits per heavy atom. The molecule has 2 aromatic rings. The van der Waals surface area contributed by atoms with Gasteiger partial charge in [0.2, 0.25) is 0 Å². The number of rotatable bonds is 4. The van der Waals surface area contributed by atoms with Crippen LogP contribution in [0.5, 0.6) is 0 Å². The van der Waals surface area contributed by atoms with Crippen LogP contribution in [-0.2, 0) is 6.42 Å². The fourth-order valence-electron chi connectivity index (χ4n) is 1.20. The maximum Gasteiger partial charge on any atom is 0.276 e. The van der Waals surface area contributed by atoms with Crippen molar-refractivity contribution >= 4 is 15.9 Å². The molecule has 2 heterocycles. The van der Waals surface area contributed by atoms with Crippen LogP contribution in [0.1, 0.15) is 5.82 Å². The summed E-state index contributed by atoms with van der Waals surface area (Å²) in [7, 11) is 1.89. The molecule has 0 unspecified atom stereocenters. The van der Waals surface area contributed by atoms with Crippen molar-refractivity contribution in [1.29, 1.82) is 0 Å². The largest absolute Gasteiger partial charge is 0.332 e. The summed E-state index contributed by atoms with van der Waals surface area (Å²) in [5.74, 6) is 1.15. The van der Waals surface area contributed by atoms with E-state index in [0.29, 0.717) is 17.4 Å². The molecule has 0 aliphatic heterocycles. The molecule has 84 valence electrons. The van der Waals surface area contributed by atoms with E-state index >= 15 is 0 Å². The van der Waals surface area contributed by atoms with E-state index in [-0.39, 0.29) is 0 Å². The van der Waals surface area contributed by atoms with E-state index in [2.05, 4.69) is 36.4 Å². The molecule has 0 atom stereocenters. The van der Waals surface area contributed by atoms with Gasteiger partial charge >= 0.3 is 0 Å². The highest BCUT2D eigenvalue weighted by atomic mass is 79.9. The number of nitrogens with one attached hydrogen (secondary N) is 1. The van der Waals surface area contributed by atoms with Gasteiger partial charge in [0.25, 0.3) is 5.89 Å². The summed E-state index contributed by atoms with van der Waals surface area (Å²) in [6.07, 6.45) is 2.45. The average Bonchev–Trinajstić information content (AvgIpc) is 2.76. The predicted octanol–water partition coefficient (Wildman–Crippen LogP) is 1.66. The maximum absolute atomic E-state index is 5.12. The average molecular weight is 283 g/mol. The van der Waals surface area contributed by atoms with Crippen LogP contribution in [0.4, 0.5) is 0 Å². The summed E-state index contributed by atoms with van der Waals surface area (Å²) in [6, 6.07) is 3.72. The molecular weight excluding hydrogens is 272 g/mol. The minimum absolute atomic E-state index is 0.457. The fourth-order valence-corrected chi connectivity index (χ4v) is 1.43. The number of hydrogen-bond donors (Lipinski definition) is 1. The summed E-state index contributed by atoms with van der Waals surface area (Å²) < 4.78 is 6.04. The van der Waals surface area contributed by atoms with E-state index < -0.39 is 0 Å². The molecule has 0 saturated carbocycles. The molecule has 0 bridgehead atoms. The zero-order valence-electron chi connectivity index (χ0n) is 8.77. The van der Waals surface area contributed by atoms with Crippen molar-refractivity contribution in [2.24, 2.45) is 0 Å². The molecular formula is C10H11BrN4O. The molecule has 0 aliphatic rings. The van der Waals surface area contributed by atoms with Crippen LogP contribution in [0.15, 0.2) is 27.3 Å². The SMILES string of the molecule is CNCCc1noc(-c2ccc(Br)cn2)n1. The Labute approximate surface area is 101 Å². The first-order valence-corrected chi connectivity index (χ1v) is 5.68. The number of likely N-dealkylation sites (N-methyl/N-ethyl adjacent to an activating group) is 1. The third kappa shape index (κ3) is 2.65. The lowest BCUT2D eigenvalue weighted by atomic mass is 10.3. The van der Waals surface area contributed by atoms with E-state index in [1.54, 1.807) is 6.20 Å². The lowest BCUT2D eigenvalue weighted by Gasteiger charge is -1.93. The molecule has 5 nitrogen and oxygen atoms in total. The Morgan fingerprint density at radius 2 is 2.31 bits per heavy atom. The second kappa shape index (κ2) is 5.18. The minimum atomic E-state index is 0.457. The topological polar surface area (TPSA) is 63.8 Å². The van der Waals surface area contributed by atoms with Gasteiger partial charge in [0.05, 0.1) is 0 Å². The van der Waals surface area contributed by atoms with Crippen molar-refractivity contribution in [3.05, 3.63) is 28.6 Å². The first kappa shape index (κ1) is 11.2. The molecule has 0 saturated heterocycles. The zero-order valence-corrected chi connectivity index (χ0v) is 10.4. The van der Waals surface area contributed by atoms with Crippen molar-refractivity contribution in [3.8, 4) is 11.6 Å². The van der Waals surface area contributed by atoms with Gasteiger partial charge in [-0.3, -0.25) is 0 Å². The number of halogens is 1. The summed E-state index contributed by atoms with van der Waals surface area (Å²) in [5.41, 5.74) is 0.686. The summed E-state index contributed by atoms with van der Waals surface area (Å²) in [5, 5.41) is 6.90. The van der Waals surface area contributed by atoms with Gasteiger partial charge in [-0.05, 0) is 35.1 Å². The van der Waals surface area contributed by atoms with Gasteiger partial charge in [-0.1, -0.05) is 5.16 Å². The predicted molar refractivity (Wildman–Crippen MR) is 62.9 cm³/mol. The van der Waals surface area contributed by atoms with Crippen molar-refractivity contribution in [2.45, 2.75) is 6.42 Å². The highest BCUT2D eigenvalue weighted by Gasteiger charge is 2.09. The van der Waals surface area contributed by atoms with Crippen LogP contribution in [0.3, 0.4) is 0 Å². The Bertz CT molecular complexity index is 454. The molecule has 0 fully saturated rings. The Hall–Kier alpha value is -1.27. The van der Waals surface area contributed by atoms with Crippen LogP contribution in [0.2, 0.25) is 0 Å². The van der Waals surface area contributed by atoms with E-state index in [4.69, 9.17) is 4.52 Å². The lowest BCUT2D eigenvalue weighted by Crippen LogP contribution is -2.11. The standard InChI is InChI=1S/C10H11BrN4O/c1-12-5-4-9-14-10(16-15-9)8-3-2-7(11)6-13-8/h2-3,6,12H,4-5H2,1H3. The smallest absolute Gasteiger partial charge is 0.276 e. The van der Waals surface area contributed by atoms with Gasteiger partial charge in [-0.15, -0.1) is 0 Å². The van der Waals surface area contributed by atoms with Crippen LogP contribution >= 0.6 is 15.9 Å². The van der Waals surface area contributed by atoms with E-state index in [1.165, 1.54) is 0 Å². The summed E-state index contributed by atoms with van der Waals surface area (Å²) in [4.78, 5) is 8.44. The number of nitrogens with zero attached hydrogens (tertiary/aromatic N) is 3. The molecule has 2 rings (SSSR count). The summed E-state index contributed by atoms with van der Waals surface area (Å²) in [6.45, 7) is 0.826. The third-order valence-electron chi connectivity index (χ3n) is 2.01. The van der Waals surface area contributed by atoms with Gasteiger partial charge in [0.15, 0.2) is 5.82 Å². The Morgan fingerprint density at radius 3 is 3.00 bits per heavy atom. The first-order chi connectivity index (χ1) is 7.79. The van der Waals surface area contributed by atoms with Gasteiger partial charge in [0.1, 0.15) is 5.69 Å². The molecule has 0 radical (unpaired) electrons. The van der Waals surface area contributed by atoms with Gasteiger partial charge in [0, 0.05) is 23.6 Å². The van der Waals surface area contributed by atoms with Gasteiger partial charge in [-0.2, -0.15) is 4.98 Å². The van der Waals surface area contributed by atoms with Crippen LogP contribution in [0, 0.1) is 0 Å². The normalized spacial score (nSPS) is 10.6. The first-order valence-electron chi connectivity index (χ1n) is 4.88. The quantitative estimate of drug-likeness (QED) is 0.924. The molecule has 16 heavy (non-hydrogen) atoms. The molecule has 0 spiro atoms. The molecule has 0 amide bonds. The van der Waals surface area contributed by atoms with Crippen LogP contribution in [-0.4, -0.2) is 28.7 Å². The zero-order chi connectivity index (χ0) is 11.4. The lowest BCUT2D eigenvalue weighted by molar-refractivity contribution is 0.421. The second-order valence-electron chi connectivity index (χ2n) is 3.23. The van der Waals surface area contributed by atoms with Gasteiger partial charge in [-0.25, -0.2) is 4.98 Å².